The second-order valence-corrected chi connectivity index (χ2v) is 7.14. The molecule has 1 fully saturated rings. The van der Waals surface area contributed by atoms with Gasteiger partial charge in [-0.2, -0.15) is 0 Å². The van der Waals surface area contributed by atoms with Crippen LogP contribution < -0.4 is 0 Å². The van der Waals surface area contributed by atoms with Crippen LogP contribution in [-0.4, -0.2) is 37.1 Å². The van der Waals surface area contributed by atoms with Crippen molar-refractivity contribution in [1.82, 2.24) is 9.29 Å². The Morgan fingerprint density at radius 2 is 2.24 bits per heavy atom. The molecule has 1 saturated heterocycles. The number of hydrogen-bond acceptors (Lipinski definition) is 3. The van der Waals surface area contributed by atoms with E-state index in [0.717, 1.165) is 23.1 Å². The molecule has 1 aromatic rings. The number of hydrogen-bond donors (Lipinski definition) is 0. The number of pyridine rings is 1. The van der Waals surface area contributed by atoms with Crippen molar-refractivity contribution in [3.8, 4) is 0 Å². The van der Waals surface area contributed by atoms with Crippen LogP contribution in [0.1, 0.15) is 24.5 Å². The summed E-state index contributed by atoms with van der Waals surface area (Å²) in [5.74, 6) is 0.205. The summed E-state index contributed by atoms with van der Waals surface area (Å²) in [4.78, 5) is 4.41. The number of sulfonamides is 1. The molecule has 6 heteroatoms. The molecule has 1 atom stereocenters. The summed E-state index contributed by atoms with van der Waals surface area (Å²) in [5.41, 5.74) is 0.965. The zero-order valence-electron chi connectivity index (χ0n) is 9.63. The zero-order valence-corrected chi connectivity index (χ0v) is 12.0. The molecule has 17 heavy (non-hydrogen) atoms. The van der Waals surface area contributed by atoms with Gasteiger partial charge >= 0.3 is 0 Å². The van der Waals surface area contributed by atoms with Gasteiger partial charge in [0.15, 0.2) is 0 Å². The molecule has 0 bridgehead atoms. The van der Waals surface area contributed by atoms with Gasteiger partial charge in [0.05, 0.1) is 6.26 Å². The van der Waals surface area contributed by atoms with E-state index in [1.165, 1.54) is 6.26 Å². The molecule has 0 saturated carbocycles. The first kappa shape index (κ1) is 13.0. The van der Waals surface area contributed by atoms with Crippen LogP contribution in [0, 0.1) is 0 Å². The van der Waals surface area contributed by atoms with Crippen LogP contribution in [0.25, 0.3) is 0 Å². The molecule has 0 radical (unpaired) electrons. The average molecular weight is 319 g/mol. The van der Waals surface area contributed by atoms with E-state index < -0.39 is 10.0 Å². The van der Waals surface area contributed by atoms with Crippen LogP contribution >= 0.6 is 15.9 Å². The molecule has 94 valence electrons. The highest BCUT2D eigenvalue weighted by molar-refractivity contribution is 9.10. The largest absolute Gasteiger partial charge is 0.246 e. The van der Waals surface area contributed by atoms with Gasteiger partial charge in [-0.1, -0.05) is 6.07 Å². The number of piperidine rings is 1. The molecule has 2 heterocycles. The van der Waals surface area contributed by atoms with E-state index in [4.69, 9.17) is 0 Å². The molecular weight excluding hydrogens is 304 g/mol. The van der Waals surface area contributed by atoms with Gasteiger partial charge in [-0.05, 0) is 40.9 Å². The monoisotopic (exact) mass is 318 g/mol. The predicted molar refractivity (Wildman–Crippen MR) is 70.3 cm³/mol. The lowest BCUT2D eigenvalue weighted by atomic mass is 9.96. The van der Waals surface area contributed by atoms with E-state index in [0.29, 0.717) is 13.1 Å². The van der Waals surface area contributed by atoms with E-state index in [2.05, 4.69) is 20.9 Å². The molecule has 0 amide bonds. The fourth-order valence-electron chi connectivity index (χ4n) is 2.14. The van der Waals surface area contributed by atoms with Crippen LogP contribution in [-0.2, 0) is 10.0 Å². The maximum atomic E-state index is 11.5. The maximum Gasteiger partial charge on any atom is 0.211 e. The Morgan fingerprint density at radius 3 is 2.88 bits per heavy atom. The van der Waals surface area contributed by atoms with E-state index in [1.54, 1.807) is 4.31 Å². The summed E-state index contributed by atoms with van der Waals surface area (Å²) in [7, 11) is -3.08. The van der Waals surface area contributed by atoms with Crippen molar-refractivity contribution in [2.24, 2.45) is 0 Å². The van der Waals surface area contributed by atoms with Crippen molar-refractivity contribution >= 4 is 26.0 Å². The third-order valence-corrected chi connectivity index (χ3v) is 4.72. The first-order chi connectivity index (χ1) is 7.97. The number of rotatable bonds is 2. The first-order valence-corrected chi connectivity index (χ1v) is 8.18. The van der Waals surface area contributed by atoms with E-state index in [9.17, 15) is 8.42 Å². The van der Waals surface area contributed by atoms with Crippen molar-refractivity contribution in [3.05, 3.63) is 28.5 Å². The Hall–Kier alpha value is -0.460. The summed E-state index contributed by atoms with van der Waals surface area (Å²) >= 11 is 3.34. The molecule has 1 aliphatic rings. The Kier molecular flexibility index (Phi) is 3.85. The molecule has 0 aliphatic carbocycles. The normalized spacial score (nSPS) is 22.6. The highest BCUT2D eigenvalue weighted by Crippen LogP contribution is 2.27. The smallest absolute Gasteiger partial charge is 0.211 e. The lowest BCUT2D eigenvalue weighted by molar-refractivity contribution is 0.314. The second-order valence-electron chi connectivity index (χ2n) is 4.35. The van der Waals surface area contributed by atoms with Gasteiger partial charge in [0, 0.05) is 24.7 Å². The molecule has 0 unspecified atom stereocenters. The molecule has 1 aromatic heterocycles. The Labute approximate surface area is 110 Å². The first-order valence-electron chi connectivity index (χ1n) is 5.54. The highest BCUT2D eigenvalue weighted by atomic mass is 79.9. The standard InChI is InChI=1S/C11H15BrN2O2S/c1-17(15,16)14-7-3-4-9(8-14)10-5-2-6-11(12)13-10/h2,5-6,9H,3-4,7-8H2,1H3/t9-/m1/s1. The van der Waals surface area contributed by atoms with Crippen molar-refractivity contribution in [2.75, 3.05) is 19.3 Å². The SMILES string of the molecule is CS(=O)(=O)N1CCC[C@@H](c2cccc(Br)n2)C1. The van der Waals surface area contributed by atoms with E-state index in [1.807, 2.05) is 18.2 Å². The number of halogens is 1. The lowest BCUT2D eigenvalue weighted by Gasteiger charge is -2.30. The fourth-order valence-corrected chi connectivity index (χ4v) is 3.41. The molecule has 1 aliphatic heterocycles. The highest BCUT2D eigenvalue weighted by Gasteiger charge is 2.27. The summed E-state index contributed by atoms with van der Waals surface area (Å²) in [6.45, 7) is 1.17. The van der Waals surface area contributed by atoms with Gasteiger partial charge in [-0.25, -0.2) is 17.7 Å². The summed E-state index contributed by atoms with van der Waals surface area (Å²) < 4.78 is 25.4. The minimum absolute atomic E-state index is 0.205. The van der Waals surface area contributed by atoms with Crippen LogP contribution in [0.4, 0.5) is 0 Å². The van der Waals surface area contributed by atoms with Gasteiger partial charge in [0.2, 0.25) is 10.0 Å². The van der Waals surface area contributed by atoms with Crippen LogP contribution in [0.5, 0.6) is 0 Å². The molecule has 4 nitrogen and oxygen atoms in total. The van der Waals surface area contributed by atoms with Gasteiger partial charge in [-0.15, -0.1) is 0 Å². The van der Waals surface area contributed by atoms with E-state index in [-0.39, 0.29) is 5.92 Å². The summed E-state index contributed by atoms with van der Waals surface area (Å²) in [6.07, 6.45) is 3.16. The minimum Gasteiger partial charge on any atom is -0.246 e. The number of aromatic nitrogens is 1. The topological polar surface area (TPSA) is 50.3 Å². The molecule has 2 rings (SSSR count). The van der Waals surface area contributed by atoms with E-state index >= 15 is 0 Å². The maximum absolute atomic E-state index is 11.5. The third-order valence-electron chi connectivity index (χ3n) is 3.01. The number of nitrogens with zero attached hydrogens (tertiary/aromatic N) is 2. The van der Waals surface area contributed by atoms with Crippen molar-refractivity contribution in [1.29, 1.82) is 0 Å². The quantitative estimate of drug-likeness (QED) is 0.783. The summed E-state index contributed by atoms with van der Waals surface area (Å²) in [5, 5.41) is 0. The van der Waals surface area contributed by atoms with Crippen molar-refractivity contribution in [2.45, 2.75) is 18.8 Å². The Bertz CT molecular complexity index is 504. The zero-order chi connectivity index (χ0) is 12.5. The Morgan fingerprint density at radius 1 is 1.47 bits per heavy atom. The van der Waals surface area contributed by atoms with Crippen LogP contribution in [0.3, 0.4) is 0 Å². The van der Waals surface area contributed by atoms with Crippen LogP contribution in [0.15, 0.2) is 22.8 Å². The second kappa shape index (κ2) is 5.04. The summed E-state index contributed by atoms with van der Waals surface area (Å²) in [6, 6.07) is 5.77. The third kappa shape index (κ3) is 3.26. The van der Waals surface area contributed by atoms with Gasteiger partial charge in [-0.3, -0.25) is 0 Å². The molecule has 0 aromatic carbocycles. The average Bonchev–Trinajstić information content (AvgIpc) is 2.28. The van der Waals surface area contributed by atoms with Crippen LogP contribution in [0.2, 0.25) is 0 Å². The molecule has 0 N–H and O–H groups in total. The molecular formula is C11H15BrN2O2S. The lowest BCUT2D eigenvalue weighted by Crippen LogP contribution is -2.38. The Balaban J connectivity index is 2.18. The van der Waals surface area contributed by atoms with Crippen molar-refractivity contribution < 1.29 is 8.42 Å². The van der Waals surface area contributed by atoms with Gasteiger partial charge in [0.25, 0.3) is 0 Å². The van der Waals surface area contributed by atoms with Gasteiger partial charge in [0.1, 0.15) is 4.60 Å². The van der Waals surface area contributed by atoms with Crippen molar-refractivity contribution in [3.63, 3.8) is 0 Å². The van der Waals surface area contributed by atoms with Gasteiger partial charge < -0.3 is 0 Å². The molecule has 0 spiro atoms. The fraction of sp³-hybridized carbons (Fsp3) is 0.545. The minimum atomic E-state index is -3.08. The predicted octanol–water partition coefficient (Wildman–Crippen LogP) is 1.98.